The maximum atomic E-state index is 11.7. The molecule has 0 aliphatic rings. The lowest BCUT2D eigenvalue weighted by Gasteiger charge is -2.17. The van der Waals surface area contributed by atoms with E-state index < -0.39 is 0 Å². The molecule has 0 unspecified atom stereocenters. The summed E-state index contributed by atoms with van der Waals surface area (Å²) in [6.07, 6.45) is 0. The Kier molecular flexibility index (Phi) is 3.58. The summed E-state index contributed by atoms with van der Waals surface area (Å²) >= 11 is 0. The van der Waals surface area contributed by atoms with Gasteiger partial charge in [-0.3, -0.25) is 4.79 Å². The van der Waals surface area contributed by atoms with Crippen molar-refractivity contribution in [1.82, 2.24) is 0 Å². The van der Waals surface area contributed by atoms with E-state index in [2.05, 4.69) is 57.2 Å². The zero-order chi connectivity index (χ0) is 15.9. The molecule has 0 bridgehead atoms. The fourth-order valence-electron chi connectivity index (χ4n) is 3.27. The maximum Gasteiger partial charge on any atom is 0.159 e. The van der Waals surface area contributed by atoms with E-state index in [4.69, 9.17) is 0 Å². The van der Waals surface area contributed by atoms with Crippen molar-refractivity contribution in [3.05, 3.63) is 70.8 Å². The van der Waals surface area contributed by atoms with Crippen LogP contribution in [0.4, 0.5) is 0 Å². The summed E-state index contributed by atoms with van der Waals surface area (Å²) in [4.78, 5) is 11.7. The van der Waals surface area contributed by atoms with Gasteiger partial charge in [-0.1, -0.05) is 36.4 Å². The van der Waals surface area contributed by atoms with Gasteiger partial charge in [-0.2, -0.15) is 0 Å². The molecular formula is C21H20O. The van der Waals surface area contributed by atoms with Crippen LogP contribution in [-0.4, -0.2) is 5.78 Å². The van der Waals surface area contributed by atoms with Gasteiger partial charge in [0.05, 0.1) is 0 Å². The molecule has 110 valence electrons. The highest BCUT2D eigenvalue weighted by Crippen LogP contribution is 2.36. The standard InChI is InChI=1S/C21H20O/c1-13-9-10-17-7-5-6-8-19(17)21(13)20-14(2)11-18(16(4)22)12-15(20)3/h5-12H,1-4H3. The average Bonchev–Trinajstić information content (AvgIpc) is 2.48. The van der Waals surface area contributed by atoms with E-state index in [9.17, 15) is 4.79 Å². The number of hydrogen-bond donors (Lipinski definition) is 0. The first-order chi connectivity index (χ1) is 10.5. The van der Waals surface area contributed by atoms with Crippen LogP contribution in [0.15, 0.2) is 48.5 Å². The Morgan fingerprint density at radius 2 is 1.41 bits per heavy atom. The van der Waals surface area contributed by atoms with Crippen LogP contribution >= 0.6 is 0 Å². The van der Waals surface area contributed by atoms with E-state index in [1.807, 2.05) is 12.1 Å². The zero-order valence-corrected chi connectivity index (χ0v) is 13.5. The SMILES string of the molecule is CC(=O)c1cc(C)c(-c2c(C)ccc3ccccc23)c(C)c1. The molecule has 1 nitrogen and oxygen atoms in total. The quantitative estimate of drug-likeness (QED) is 0.558. The number of aryl methyl sites for hydroxylation is 3. The molecule has 0 amide bonds. The molecule has 0 aliphatic heterocycles. The average molecular weight is 288 g/mol. The van der Waals surface area contributed by atoms with Crippen molar-refractivity contribution in [3.63, 3.8) is 0 Å². The lowest BCUT2D eigenvalue weighted by molar-refractivity contribution is 0.101. The van der Waals surface area contributed by atoms with Gasteiger partial charge < -0.3 is 0 Å². The Bertz CT molecular complexity index is 865. The Labute approximate surface area is 131 Å². The highest BCUT2D eigenvalue weighted by Gasteiger charge is 2.14. The second-order valence-electron chi connectivity index (χ2n) is 6.02. The van der Waals surface area contributed by atoms with Crippen molar-refractivity contribution in [1.29, 1.82) is 0 Å². The van der Waals surface area contributed by atoms with Crippen molar-refractivity contribution in [3.8, 4) is 11.1 Å². The molecule has 0 spiro atoms. The van der Waals surface area contributed by atoms with Crippen LogP contribution in [0.5, 0.6) is 0 Å². The van der Waals surface area contributed by atoms with Gasteiger partial charge in [0, 0.05) is 5.56 Å². The lowest BCUT2D eigenvalue weighted by Crippen LogP contribution is -1.98. The minimum Gasteiger partial charge on any atom is -0.295 e. The van der Waals surface area contributed by atoms with Crippen molar-refractivity contribution >= 4 is 16.6 Å². The number of fused-ring (bicyclic) bond motifs is 1. The van der Waals surface area contributed by atoms with Gasteiger partial charge in [-0.25, -0.2) is 0 Å². The Balaban J connectivity index is 2.37. The second kappa shape index (κ2) is 5.42. The minimum absolute atomic E-state index is 0.118. The maximum absolute atomic E-state index is 11.7. The predicted molar refractivity (Wildman–Crippen MR) is 93.6 cm³/mol. The van der Waals surface area contributed by atoms with Crippen LogP contribution in [0.3, 0.4) is 0 Å². The number of ketones is 1. The molecule has 0 radical (unpaired) electrons. The number of carbonyl (C=O) groups is 1. The van der Waals surface area contributed by atoms with Crippen LogP contribution in [0.25, 0.3) is 21.9 Å². The van der Waals surface area contributed by atoms with E-state index in [1.165, 1.54) is 27.5 Å². The highest BCUT2D eigenvalue weighted by atomic mass is 16.1. The molecule has 0 atom stereocenters. The largest absolute Gasteiger partial charge is 0.295 e. The summed E-state index contributed by atoms with van der Waals surface area (Å²) in [7, 11) is 0. The monoisotopic (exact) mass is 288 g/mol. The molecule has 1 heteroatoms. The smallest absolute Gasteiger partial charge is 0.159 e. The summed E-state index contributed by atoms with van der Waals surface area (Å²) in [5, 5.41) is 2.52. The second-order valence-corrected chi connectivity index (χ2v) is 6.02. The molecular weight excluding hydrogens is 268 g/mol. The Morgan fingerprint density at radius 3 is 2.05 bits per heavy atom. The van der Waals surface area contributed by atoms with E-state index in [0.717, 1.165) is 16.7 Å². The van der Waals surface area contributed by atoms with Gasteiger partial charge >= 0.3 is 0 Å². The molecule has 0 heterocycles. The zero-order valence-electron chi connectivity index (χ0n) is 13.5. The number of benzene rings is 3. The van der Waals surface area contributed by atoms with E-state index >= 15 is 0 Å². The van der Waals surface area contributed by atoms with Gasteiger partial charge in [0.1, 0.15) is 0 Å². The first-order valence-corrected chi connectivity index (χ1v) is 7.60. The van der Waals surface area contributed by atoms with Crippen LogP contribution in [0, 0.1) is 20.8 Å². The number of carbonyl (C=O) groups excluding carboxylic acids is 1. The van der Waals surface area contributed by atoms with Crippen molar-refractivity contribution in [2.24, 2.45) is 0 Å². The van der Waals surface area contributed by atoms with Gasteiger partial charge in [0.25, 0.3) is 0 Å². The lowest BCUT2D eigenvalue weighted by atomic mass is 9.87. The third kappa shape index (κ3) is 2.33. The first-order valence-electron chi connectivity index (χ1n) is 7.60. The summed E-state index contributed by atoms with van der Waals surface area (Å²) in [5.41, 5.74) is 6.90. The summed E-state index contributed by atoms with van der Waals surface area (Å²) in [5.74, 6) is 0.118. The predicted octanol–water partition coefficient (Wildman–Crippen LogP) is 5.63. The van der Waals surface area contributed by atoms with Crippen LogP contribution in [-0.2, 0) is 0 Å². The van der Waals surface area contributed by atoms with Crippen LogP contribution in [0.1, 0.15) is 34.0 Å². The molecule has 3 aromatic carbocycles. The fourth-order valence-corrected chi connectivity index (χ4v) is 3.27. The van der Waals surface area contributed by atoms with Crippen molar-refractivity contribution < 1.29 is 4.79 Å². The first kappa shape index (κ1) is 14.5. The number of rotatable bonds is 2. The molecule has 0 aliphatic carbocycles. The van der Waals surface area contributed by atoms with Crippen molar-refractivity contribution in [2.75, 3.05) is 0 Å². The van der Waals surface area contributed by atoms with Gasteiger partial charge in [-0.05, 0) is 78.4 Å². The van der Waals surface area contributed by atoms with Crippen molar-refractivity contribution in [2.45, 2.75) is 27.7 Å². The topological polar surface area (TPSA) is 17.1 Å². The summed E-state index contributed by atoms with van der Waals surface area (Å²) in [6.45, 7) is 7.96. The van der Waals surface area contributed by atoms with E-state index in [0.29, 0.717) is 0 Å². The minimum atomic E-state index is 0.118. The molecule has 0 saturated heterocycles. The Hall–Kier alpha value is -2.41. The molecule has 22 heavy (non-hydrogen) atoms. The summed E-state index contributed by atoms with van der Waals surface area (Å²) in [6, 6.07) is 16.8. The van der Waals surface area contributed by atoms with E-state index in [1.54, 1.807) is 6.92 Å². The van der Waals surface area contributed by atoms with E-state index in [-0.39, 0.29) is 5.78 Å². The molecule has 3 aromatic rings. The Morgan fingerprint density at radius 1 is 0.773 bits per heavy atom. The third-order valence-corrected chi connectivity index (χ3v) is 4.33. The van der Waals surface area contributed by atoms with Crippen LogP contribution < -0.4 is 0 Å². The van der Waals surface area contributed by atoms with Gasteiger partial charge in [-0.15, -0.1) is 0 Å². The number of Topliss-reactive ketones (excluding diaryl/α,β-unsaturated/α-hetero) is 1. The molecule has 0 aromatic heterocycles. The fraction of sp³-hybridized carbons (Fsp3) is 0.190. The third-order valence-electron chi connectivity index (χ3n) is 4.33. The summed E-state index contributed by atoms with van der Waals surface area (Å²) < 4.78 is 0. The highest BCUT2D eigenvalue weighted by molar-refractivity contribution is 6.01. The van der Waals surface area contributed by atoms with Crippen LogP contribution in [0.2, 0.25) is 0 Å². The molecule has 3 rings (SSSR count). The van der Waals surface area contributed by atoms with Gasteiger partial charge in [0.15, 0.2) is 5.78 Å². The molecule has 0 saturated carbocycles. The van der Waals surface area contributed by atoms with Gasteiger partial charge in [0.2, 0.25) is 0 Å². The molecule has 0 N–H and O–H groups in total. The molecule has 0 fully saturated rings. The number of hydrogen-bond acceptors (Lipinski definition) is 1. The normalized spacial score (nSPS) is 10.9.